The molecule has 0 radical (unpaired) electrons. The highest BCUT2D eigenvalue weighted by molar-refractivity contribution is 7.48. The molecule has 17 heavy (non-hydrogen) atoms. The van der Waals surface area contributed by atoms with Crippen molar-refractivity contribution in [2.45, 2.75) is 26.9 Å². The molecular weight excluding hydrogens is 235 g/mol. The fraction of sp³-hybridized carbons (Fsp3) is 0.385. The molecule has 0 heterocycles. The molecule has 0 aliphatic rings. The standard InChI is InChI=1S/C13H18O3P/c1-5-11-9-12(17(14)15-6-2)7-8-13(11)16-10(3)4/h5,7-10H,1,6H2,2-4H3/q+1. The normalized spacial score (nSPS) is 11.4. The van der Waals surface area contributed by atoms with Gasteiger partial charge in [0.2, 0.25) is 5.30 Å². The summed E-state index contributed by atoms with van der Waals surface area (Å²) < 4.78 is 22.4. The van der Waals surface area contributed by atoms with Gasteiger partial charge in [0.1, 0.15) is 12.4 Å². The van der Waals surface area contributed by atoms with E-state index in [0.29, 0.717) is 11.9 Å². The summed E-state index contributed by atoms with van der Waals surface area (Å²) in [6.07, 6.45) is 1.79. The first-order valence-corrected chi connectivity index (χ1v) is 6.79. The predicted octanol–water partition coefficient (Wildman–Crippen LogP) is 3.52. The van der Waals surface area contributed by atoms with E-state index < -0.39 is 8.03 Å². The first-order valence-electron chi connectivity index (χ1n) is 5.61. The Bertz CT molecular complexity index is 413. The summed E-state index contributed by atoms with van der Waals surface area (Å²) in [6.45, 7) is 9.90. The molecule has 0 N–H and O–H groups in total. The van der Waals surface area contributed by atoms with Gasteiger partial charge in [0.15, 0.2) is 0 Å². The van der Waals surface area contributed by atoms with E-state index in [-0.39, 0.29) is 6.10 Å². The van der Waals surface area contributed by atoms with Crippen molar-refractivity contribution in [1.82, 2.24) is 0 Å². The van der Waals surface area contributed by atoms with Crippen LogP contribution in [0.25, 0.3) is 6.08 Å². The van der Waals surface area contributed by atoms with E-state index in [4.69, 9.17) is 9.26 Å². The van der Waals surface area contributed by atoms with E-state index in [0.717, 1.165) is 11.3 Å². The van der Waals surface area contributed by atoms with Crippen LogP contribution in [-0.2, 0) is 9.09 Å². The first-order chi connectivity index (χ1) is 8.08. The Hall–Kier alpha value is -1.18. The molecule has 1 atom stereocenters. The average Bonchev–Trinajstić information content (AvgIpc) is 2.29. The molecule has 3 nitrogen and oxygen atoms in total. The molecule has 0 aromatic heterocycles. The van der Waals surface area contributed by atoms with Crippen LogP contribution in [0.5, 0.6) is 5.75 Å². The van der Waals surface area contributed by atoms with Crippen molar-refractivity contribution in [2.75, 3.05) is 6.61 Å². The molecule has 0 fully saturated rings. The van der Waals surface area contributed by atoms with Crippen molar-refractivity contribution in [3.63, 3.8) is 0 Å². The summed E-state index contributed by atoms with van der Waals surface area (Å²) in [5.74, 6) is 0.749. The molecule has 1 rings (SSSR count). The van der Waals surface area contributed by atoms with Gasteiger partial charge >= 0.3 is 8.03 Å². The third-order valence-corrected chi connectivity index (χ3v) is 3.23. The van der Waals surface area contributed by atoms with Crippen molar-refractivity contribution < 1.29 is 13.8 Å². The molecule has 0 saturated carbocycles. The second-order valence-electron chi connectivity index (χ2n) is 3.77. The molecule has 0 bridgehead atoms. The second kappa shape index (κ2) is 6.53. The molecule has 0 spiro atoms. The van der Waals surface area contributed by atoms with Gasteiger partial charge in [0, 0.05) is 11.6 Å². The summed E-state index contributed by atoms with van der Waals surface area (Å²) in [4.78, 5) is 0. The van der Waals surface area contributed by atoms with Gasteiger partial charge in [-0.3, -0.25) is 0 Å². The van der Waals surface area contributed by atoms with Crippen molar-refractivity contribution in [3.8, 4) is 5.75 Å². The number of hydrogen-bond donors (Lipinski definition) is 0. The largest absolute Gasteiger partial charge is 0.548 e. The Labute approximate surface area is 103 Å². The number of rotatable bonds is 6. The molecule has 0 aliphatic carbocycles. The molecule has 1 aromatic rings. The number of hydrogen-bond acceptors (Lipinski definition) is 3. The maximum Gasteiger partial charge on any atom is 0.548 e. The van der Waals surface area contributed by atoms with E-state index in [2.05, 4.69) is 6.58 Å². The van der Waals surface area contributed by atoms with Gasteiger partial charge in [-0.05, 0) is 37.5 Å². The first kappa shape index (κ1) is 13.9. The van der Waals surface area contributed by atoms with Gasteiger partial charge < -0.3 is 4.74 Å². The fourth-order valence-electron chi connectivity index (χ4n) is 1.36. The van der Waals surface area contributed by atoms with E-state index in [1.54, 1.807) is 24.3 Å². The van der Waals surface area contributed by atoms with Gasteiger partial charge in [-0.2, -0.15) is 0 Å². The molecule has 92 valence electrons. The van der Waals surface area contributed by atoms with Gasteiger partial charge in [0.05, 0.1) is 6.10 Å². The summed E-state index contributed by atoms with van der Waals surface area (Å²) >= 11 is 0. The Morgan fingerprint density at radius 3 is 2.71 bits per heavy atom. The van der Waals surface area contributed by atoms with E-state index in [1.165, 1.54) is 0 Å². The van der Waals surface area contributed by atoms with Gasteiger partial charge in [-0.25, -0.2) is 0 Å². The Morgan fingerprint density at radius 2 is 2.18 bits per heavy atom. The minimum atomic E-state index is -1.78. The van der Waals surface area contributed by atoms with E-state index in [9.17, 15) is 4.57 Å². The monoisotopic (exact) mass is 253 g/mol. The lowest BCUT2D eigenvalue weighted by molar-refractivity contribution is 0.242. The zero-order chi connectivity index (χ0) is 12.8. The maximum atomic E-state index is 11.7. The predicted molar refractivity (Wildman–Crippen MR) is 71.2 cm³/mol. The van der Waals surface area contributed by atoms with Crippen LogP contribution in [0, 0.1) is 0 Å². The van der Waals surface area contributed by atoms with Crippen molar-refractivity contribution in [3.05, 3.63) is 30.3 Å². The van der Waals surface area contributed by atoms with Crippen LogP contribution in [0.15, 0.2) is 24.8 Å². The van der Waals surface area contributed by atoms with Crippen molar-refractivity contribution in [1.29, 1.82) is 0 Å². The second-order valence-corrected chi connectivity index (χ2v) is 5.06. The smallest absolute Gasteiger partial charge is 0.490 e. The molecule has 1 aromatic carbocycles. The summed E-state index contributed by atoms with van der Waals surface area (Å²) in [5.41, 5.74) is 0.833. The quantitative estimate of drug-likeness (QED) is 0.727. The highest BCUT2D eigenvalue weighted by atomic mass is 31.1. The lowest BCUT2D eigenvalue weighted by Crippen LogP contribution is -2.08. The number of ether oxygens (including phenoxy) is 1. The van der Waals surface area contributed by atoms with Gasteiger partial charge in [0.25, 0.3) is 0 Å². The van der Waals surface area contributed by atoms with Crippen LogP contribution in [0.4, 0.5) is 0 Å². The maximum absolute atomic E-state index is 11.7. The fourth-order valence-corrected chi connectivity index (χ4v) is 2.19. The summed E-state index contributed by atoms with van der Waals surface area (Å²) in [7, 11) is -1.78. The summed E-state index contributed by atoms with van der Waals surface area (Å²) in [6, 6.07) is 5.36. The topological polar surface area (TPSA) is 35.5 Å². The minimum absolute atomic E-state index is 0.0974. The zero-order valence-electron chi connectivity index (χ0n) is 10.5. The van der Waals surface area contributed by atoms with Crippen LogP contribution < -0.4 is 10.0 Å². The van der Waals surface area contributed by atoms with Crippen LogP contribution in [0.2, 0.25) is 0 Å². The van der Waals surface area contributed by atoms with Crippen molar-refractivity contribution in [2.24, 2.45) is 0 Å². The average molecular weight is 253 g/mol. The molecule has 0 aliphatic heterocycles. The molecule has 0 saturated heterocycles. The Morgan fingerprint density at radius 1 is 1.47 bits per heavy atom. The summed E-state index contributed by atoms with van der Waals surface area (Å²) in [5, 5.41) is 0.660. The highest BCUT2D eigenvalue weighted by Crippen LogP contribution is 2.26. The third-order valence-electron chi connectivity index (χ3n) is 2.03. The highest BCUT2D eigenvalue weighted by Gasteiger charge is 2.22. The SMILES string of the molecule is C=Cc1cc([P+](=O)OCC)ccc1OC(C)C. The molecule has 1 unspecified atom stereocenters. The lowest BCUT2D eigenvalue weighted by atomic mass is 10.2. The molecule has 0 amide bonds. The minimum Gasteiger partial charge on any atom is -0.490 e. The lowest BCUT2D eigenvalue weighted by Gasteiger charge is -2.11. The zero-order valence-corrected chi connectivity index (χ0v) is 11.4. The van der Waals surface area contributed by atoms with Crippen LogP contribution >= 0.6 is 8.03 Å². The van der Waals surface area contributed by atoms with Crippen LogP contribution in [0.3, 0.4) is 0 Å². The molecular formula is C13H18O3P+. The van der Waals surface area contributed by atoms with Gasteiger partial charge in [-0.15, -0.1) is 4.52 Å². The van der Waals surface area contributed by atoms with Gasteiger partial charge in [-0.1, -0.05) is 12.7 Å². The van der Waals surface area contributed by atoms with Crippen molar-refractivity contribution >= 4 is 19.4 Å². The van der Waals surface area contributed by atoms with E-state index >= 15 is 0 Å². The van der Waals surface area contributed by atoms with Crippen LogP contribution in [0.1, 0.15) is 26.3 Å². The molecule has 4 heteroatoms. The van der Waals surface area contributed by atoms with E-state index in [1.807, 2.05) is 20.8 Å². The Balaban J connectivity index is 2.99. The number of benzene rings is 1. The third kappa shape index (κ3) is 3.95. The van der Waals surface area contributed by atoms with Crippen LogP contribution in [-0.4, -0.2) is 12.7 Å². The Kier molecular flexibility index (Phi) is 5.33.